The Morgan fingerprint density at radius 3 is 2.93 bits per heavy atom. The Balaban J connectivity index is 1.34. The van der Waals surface area contributed by atoms with Crippen LogP contribution in [0.15, 0.2) is 18.2 Å². The molecule has 3 heterocycles. The van der Waals surface area contributed by atoms with Crippen molar-refractivity contribution in [3.63, 3.8) is 0 Å². The highest BCUT2D eigenvalue weighted by atomic mass is 32.1. The molecule has 0 radical (unpaired) electrons. The van der Waals surface area contributed by atoms with Crippen LogP contribution < -0.4 is 11.1 Å². The zero-order valence-electron chi connectivity index (χ0n) is 15.8. The molecule has 0 saturated heterocycles. The number of esters is 1. The van der Waals surface area contributed by atoms with E-state index < -0.39 is 5.97 Å². The maximum absolute atomic E-state index is 12.5. The molecule has 1 aromatic carbocycles. The summed E-state index contributed by atoms with van der Waals surface area (Å²) >= 11 is 1.67. The van der Waals surface area contributed by atoms with Gasteiger partial charge in [-0.15, -0.1) is 11.3 Å². The fraction of sp³-hybridized carbons (Fsp3) is 0.333. The van der Waals surface area contributed by atoms with Gasteiger partial charge in [0.15, 0.2) is 12.4 Å². The normalized spacial score (nSPS) is 15.5. The average Bonchev–Trinajstić information content (AvgIpc) is 3.10. The number of aryl methyl sites for hydroxylation is 3. The lowest BCUT2D eigenvalue weighted by Crippen LogP contribution is -2.19. The Hall–Kier alpha value is -3.00. The van der Waals surface area contributed by atoms with Gasteiger partial charge in [-0.05, 0) is 61.4 Å². The Morgan fingerprint density at radius 1 is 1.17 bits per heavy atom. The molecule has 2 aliphatic rings. The Kier molecular flexibility index (Phi) is 4.43. The highest BCUT2D eigenvalue weighted by Crippen LogP contribution is 2.37. The molecule has 0 unspecified atom stereocenters. The second kappa shape index (κ2) is 7.11. The minimum atomic E-state index is -0.447. The molecule has 0 spiro atoms. The van der Waals surface area contributed by atoms with E-state index in [1.54, 1.807) is 29.5 Å². The minimum Gasteiger partial charge on any atom is -0.454 e. The van der Waals surface area contributed by atoms with Gasteiger partial charge in [-0.3, -0.25) is 4.79 Å². The molecule has 3 N–H and O–H groups in total. The lowest BCUT2D eigenvalue weighted by Gasteiger charge is -2.17. The molecule has 0 bridgehead atoms. The average molecular weight is 408 g/mol. The van der Waals surface area contributed by atoms with Crippen molar-refractivity contribution >= 4 is 44.9 Å². The number of fused-ring (bicyclic) bond motifs is 4. The zero-order valence-corrected chi connectivity index (χ0v) is 16.6. The molecule has 148 valence electrons. The van der Waals surface area contributed by atoms with Gasteiger partial charge in [0.1, 0.15) is 10.6 Å². The van der Waals surface area contributed by atoms with Gasteiger partial charge in [-0.25, -0.2) is 14.8 Å². The lowest BCUT2D eigenvalue weighted by molar-refractivity contribution is -0.116. The van der Waals surface area contributed by atoms with Gasteiger partial charge in [0, 0.05) is 17.0 Å². The van der Waals surface area contributed by atoms with Crippen LogP contribution in [0, 0.1) is 0 Å². The van der Waals surface area contributed by atoms with Crippen molar-refractivity contribution in [1.82, 2.24) is 9.97 Å². The predicted octanol–water partition coefficient (Wildman–Crippen LogP) is 3.39. The fourth-order valence-corrected chi connectivity index (χ4v) is 5.31. The van der Waals surface area contributed by atoms with Crippen molar-refractivity contribution < 1.29 is 14.3 Å². The summed E-state index contributed by atoms with van der Waals surface area (Å²) in [4.78, 5) is 35.1. The third-order valence-electron chi connectivity index (χ3n) is 5.46. The van der Waals surface area contributed by atoms with Crippen LogP contribution in [-0.4, -0.2) is 21.8 Å². The Morgan fingerprint density at radius 2 is 2.03 bits per heavy atom. The van der Waals surface area contributed by atoms with Crippen LogP contribution in [0.25, 0.3) is 10.2 Å². The van der Waals surface area contributed by atoms with E-state index in [9.17, 15) is 9.59 Å². The summed E-state index contributed by atoms with van der Waals surface area (Å²) in [6.45, 7) is -0.0324. The van der Waals surface area contributed by atoms with Gasteiger partial charge in [0.05, 0.1) is 10.9 Å². The predicted molar refractivity (Wildman–Crippen MR) is 111 cm³/mol. The number of nitrogens with two attached hydrogens (primary N) is 1. The first-order valence-corrected chi connectivity index (χ1v) is 10.6. The highest BCUT2D eigenvalue weighted by molar-refractivity contribution is 7.19. The van der Waals surface area contributed by atoms with E-state index in [1.165, 1.54) is 23.3 Å². The van der Waals surface area contributed by atoms with Crippen molar-refractivity contribution in [2.45, 2.75) is 45.1 Å². The van der Waals surface area contributed by atoms with Crippen LogP contribution in [0.3, 0.4) is 0 Å². The van der Waals surface area contributed by atoms with Gasteiger partial charge in [0.25, 0.3) is 0 Å². The fourth-order valence-electron chi connectivity index (χ4n) is 4.02. The molecule has 5 rings (SSSR count). The number of carbonyl (C=O) groups is 2. The highest BCUT2D eigenvalue weighted by Gasteiger charge is 2.21. The van der Waals surface area contributed by atoms with E-state index in [-0.39, 0.29) is 12.5 Å². The Bertz CT molecular complexity index is 1150. The largest absolute Gasteiger partial charge is 0.454 e. The number of hydrogen-bond donors (Lipinski definition) is 2. The summed E-state index contributed by atoms with van der Waals surface area (Å²) in [6, 6.07) is 5.15. The van der Waals surface area contributed by atoms with E-state index in [4.69, 9.17) is 10.5 Å². The number of ether oxygens (including phenoxy) is 1. The molecule has 1 aliphatic heterocycles. The molecule has 0 fully saturated rings. The molecule has 8 heteroatoms. The number of rotatable bonds is 3. The molecule has 29 heavy (non-hydrogen) atoms. The third-order valence-corrected chi connectivity index (χ3v) is 6.64. The van der Waals surface area contributed by atoms with Gasteiger partial charge >= 0.3 is 5.97 Å². The quantitative estimate of drug-likeness (QED) is 0.643. The summed E-state index contributed by atoms with van der Waals surface area (Å²) in [5.41, 5.74) is 9.63. The first-order chi connectivity index (χ1) is 14.1. The van der Waals surface area contributed by atoms with Gasteiger partial charge in [0.2, 0.25) is 5.91 Å². The molecule has 1 aliphatic carbocycles. The van der Waals surface area contributed by atoms with Crippen LogP contribution in [0.2, 0.25) is 0 Å². The van der Waals surface area contributed by atoms with Crippen molar-refractivity contribution in [3.8, 4) is 0 Å². The first-order valence-electron chi connectivity index (χ1n) is 9.75. The van der Waals surface area contributed by atoms with Gasteiger partial charge in [-0.1, -0.05) is 0 Å². The van der Waals surface area contributed by atoms with Gasteiger partial charge in [-0.2, -0.15) is 0 Å². The molecule has 3 aromatic rings. The maximum atomic E-state index is 12.5. The molecule has 0 saturated carbocycles. The van der Waals surface area contributed by atoms with Crippen molar-refractivity contribution in [3.05, 3.63) is 45.6 Å². The summed E-state index contributed by atoms with van der Waals surface area (Å²) in [7, 11) is 0. The number of hydrogen-bond acceptors (Lipinski definition) is 7. The van der Waals surface area contributed by atoms with Gasteiger partial charge < -0.3 is 15.8 Å². The van der Waals surface area contributed by atoms with E-state index in [2.05, 4.69) is 15.3 Å². The zero-order chi connectivity index (χ0) is 20.0. The summed E-state index contributed by atoms with van der Waals surface area (Å²) in [5, 5.41) is 3.77. The third kappa shape index (κ3) is 3.33. The SMILES string of the molecule is Nc1nc(COC(=O)c2ccc3c(c2)CCC(=O)N3)nc2sc3c(c12)CCCC3. The van der Waals surface area contributed by atoms with Crippen LogP contribution in [0.5, 0.6) is 0 Å². The number of carbonyl (C=O) groups excluding carboxylic acids is 2. The number of benzene rings is 1. The first kappa shape index (κ1) is 18.1. The molecular weight excluding hydrogens is 388 g/mol. The standard InChI is InChI=1S/C21H20N4O3S/c22-19-18-13-3-1-2-4-15(13)29-20(18)25-16(24-19)10-28-21(27)12-5-7-14-11(9-12)6-8-17(26)23-14/h5,7,9H,1-4,6,8,10H2,(H,23,26)(H2,22,24,25). The molecule has 1 amide bonds. The molecule has 0 atom stereocenters. The number of nitrogen functional groups attached to an aromatic ring is 1. The number of anilines is 2. The second-order valence-corrected chi connectivity index (χ2v) is 8.50. The van der Waals surface area contributed by atoms with Crippen LogP contribution in [0.1, 0.15) is 51.4 Å². The van der Waals surface area contributed by atoms with E-state index in [0.717, 1.165) is 34.3 Å². The number of thiophene rings is 1. The second-order valence-electron chi connectivity index (χ2n) is 7.41. The summed E-state index contributed by atoms with van der Waals surface area (Å²) in [5.74, 6) is 0.419. The van der Waals surface area contributed by atoms with E-state index in [1.807, 2.05) is 0 Å². The molecule has 2 aromatic heterocycles. The van der Waals surface area contributed by atoms with Crippen LogP contribution in [0.4, 0.5) is 11.5 Å². The topological polar surface area (TPSA) is 107 Å². The van der Waals surface area contributed by atoms with E-state index >= 15 is 0 Å². The van der Waals surface area contributed by atoms with Crippen molar-refractivity contribution in [2.24, 2.45) is 0 Å². The smallest absolute Gasteiger partial charge is 0.338 e. The number of nitrogens with one attached hydrogen (secondary N) is 1. The van der Waals surface area contributed by atoms with E-state index in [0.29, 0.717) is 30.0 Å². The van der Waals surface area contributed by atoms with Crippen molar-refractivity contribution in [2.75, 3.05) is 11.1 Å². The van der Waals surface area contributed by atoms with Crippen molar-refractivity contribution in [1.29, 1.82) is 0 Å². The molecule has 7 nitrogen and oxygen atoms in total. The monoisotopic (exact) mass is 408 g/mol. The maximum Gasteiger partial charge on any atom is 0.338 e. The van der Waals surface area contributed by atoms with Crippen LogP contribution in [-0.2, 0) is 35.4 Å². The van der Waals surface area contributed by atoms with Crippen LogP contribution >= 0.6 is 11.3 Å². The lowest BCUT2D eigenvalue weighted by atomic mass is 9.97. The summed E-state index contributed by atoms with van der Waals surface area (Å²) < 4.78 is 5.43. The number of amides is 1. The minimum absolute atomic E-state index is 0.00628. The number of aromatic nitrogens is 2. The Labute approximate surface area is 171 Å². The summed E-state index contributed by atoms with van der Waals surface area (Å²) in [6.07, 6.45) is 5.49. The molecular formula is C21H20N4O3S. The number of nitrogens with zero attached hydrogens (tertiary/aromatic N) is 2.